The van der Waals surface area contributed by atoms with E-state index in [0.29, 0.717) is 17.7 Å². The third kappa shape index (κ3) is 3.77. The SMILES string of the molecule is N#Cc1ccc(OCC(=O)N2N=C(c3cccs3)CC2c2cccs2)cc1. The van der Waals surface area contributed by atoms with Crippen molar-refractivity contribution in [3.63, 3.8) is 0 Å². The van der Waals surface area contributed by atoms with Crippen LogP contribution < -0.4 is 4.74 Å². The lowest BCUT2D eigenvalue weighted by molar-refractivity contribution is -0.135. The van der Waals surface area contributed by atoms with Crippen molar-refractivity contribution < 1.29 is 9.53 Å². The highest BCUT2D eigenvalue weighted by molar-refractivity contribution is 7.12. The number of carbonyl (C=O) groups excluding carboxylic acids is 1. The number of hydrazone groups is 1. The molecule has 0 saturated carbocycles. The van der Waals surface area contributed by atoms with E-state index in [1.54, 1.807) is 51.9 Å². The minimum Gasteiger partial charge on any atom is -0.484 e. The van der Waals surface area contributed by atoms with Gasteiger partial charge >= 0.3 is 0 Å². The van der Waals surface area contributed by atoms with Crippen LogP contribution in [0.15, 0.2) is 64.4 Å². The van der Waals surface area contributed by atoms with E-state index in [4.69, 9.17) is 10.00 Å². The van der Waals surface area contributed by atoms with Crippen LogP contribution in [0, 0.1) is 11.3 Å². The molecular formula is C20H15N3O2S2. The molecule has 0 radical (unpaired) electrons. The third-order valence-electron chi connectivity index (χ3n) is 4.19. The summed E-state index contributed by atoms with van der Waals surface area (Å²) in [5.41, 5.74) is 1.48. The molecule has 0 saturated heterocycles. The van der Waals surface area contributed by atoms with E-state index in [2.05, 4.69) is 11.2 Å². The minimum absolute atomic E-state index is 0.0980. The van der Waals surface area contributed by atoms with Gasteiger partial charge < -0.3 is 4.74 Å². The van der Waals surface area contributed by atoms with Gasteiger partial charge in [-0.25, -0.2) is 5.01 Å². The Bertz CT molecular complexity index is 987. The summed E-state index contributed by atoms with van der Waals surface area (Å²) in [6, 6.07) is 16.7. The van der Waals surface area contributed by atoms with Crippen molar-refractivity contribution in [2.75, 3.05) is 6.61 Å². The number of ether oxygens (including phenoxy) is 1. The summed E-state index contributed by atoms with van der Waals surface area (Å²) in [4.78, 5) is 15.0. The number of hydrogen-bond donors (Lipinski definition) is 0. The lowest BCUT2D eigenvalue weighted by Crippen LogP contribution is -2.31. The Kier molecular flexibility index (Phi) is 5.01. The lowest BCUT2D eigenvalue weighted by atomic mass is 10.1. The normalized spacial score (nSPS) is 16.0. The third-order valence-corrected chi connectivity index (χ3v) is 6.08. The first kappa shape index (κ1) is 17.5. The molecule has 1 aliphatic rings. The summed E-state index contributed by atoms with van der Waals surface area (Å²) in [6.45, 7) is -0.102. The Morgan fingerprint density at radius 2 is 1.96 bits per heavy atom. The smallest absolute Gasteiger partial charge is 0.281 e. The Balaban J connectivity index is 1.50. The van der Waals surface area contributed by atoms with Crippen molar-refractivity contribution >= 4 is 34.3 Å². The molecule has 0 bridgehead atoms. The molecule has 1 aliphatic heterocycles. The van der Waals surface area contributed by atoms with Crippen LogP contribution in [0.5, 0.6) is 5.75 Å². The first-order valence-corrected chi connectivity index (χ1v) is 10.1. The van der Waals surface area contributed by atoms with Gasteiger partial charge in [-0.15, -0.1) is 22.7 Å². The van der Waals surface area contributed by atoms with Gasteiger partial charge in [0, 0.05) is 11.3 Å². The standard InChI is InChI=1S/C20H15N3O2S2/c21-12-14-5-7-15(8-6-14)25-13-20(24)23-17(19-4-2-10-27-19)11-16(22-23)18-3-1-9-26-18/h1-10,17H,11,13H2. The lowest BCUT2D eigenvalue weighted by Gasteiger charge is -2.20. The molecule has 0 aliphatic carbocycles. The number of thiophene rings is 2. The molecule has 1 atom stereocenters. The largest absolute Gasteiger partial charge is 0.484 e. The minimum atomic E-state index is -0.190. The number of amides is 1. The van der Waals surface area contributed by atoms with E-state index < -0.39 is 0 Å². The second kappa shape index (κ2) is 7.74. The maximum atomic E-state index is 12.8. The molecule has 5 nitrogen and oxygen atoms in total. The van der Waals surface area contributed by atoms with Gasteiger partial charge in [-0.1, -0.05) is 12.1 Å². The van der Waals surface area contributed by atoms with Crippen LogP contribution in [0.1, 0.15) is 27.8 Å². The van der Waals surface area contributed by atoms with Gasteiger partial charge in [0.25, 0.3) is 5.91 Å². The molecule has 1 amide bonds. The van der Waals surface area contributed by atoms with Gasteiger partial charge in [0.2, 0.25) is 0 Å². The average Bonchev–Trinajstić information content (AvgIpc) is 3.46. The molecule has 2 aromatic heterocycles. The number of benzene rings is 1. The second-order valence-electron chi connectivity index (χ2n) is 5.92. The van der Waals surface area contributed by atoms with E-state index >= 15 is 0 Å². The molecule has 1 aromatic carbocycles. The summed E-state index contributed by atoms with van der Waals surface area (Å²) in [7, 11) is 0. The van der Waals surface area contributed by atoms with Crippen LogP contribution in [0.25, 0.3) is 0 Å². The fourth-order valence-electron chi connectivity index (χ4n) is 2.87. The van der Waals surface area contributed by atoms with Crippen LogP contribution >= 0.6 is 22.7 Å². The van der Waals surface area contributed by atoms with Crippen LogP contribution in [0.2, 0.25) is 0 Å². The van der Waals surface area contributed by atoms with Crippen LogP contribution in [0.3, 0.4) is 0 Å². The molecule has 4 rings (SSSR count). The maximum Gasteiger partial charge on any atom is 0.281 e. The molecule has 0 fully saturated rings. The molecule has 27 heavy (non-hydrogen) atoms. The monoisotopic (exact) mass is 393 g/mol. The summed E-state index contributed by atoms with van der Waals surface area (Å²) in [5, 5.41) is 19.0. The van der Waals surface area contributed by atoms with Crippen molar-refractivity contribution in [3.05, 3.63) is 74.6 Å². The van der Waals surface area contributed by atoms with Crippen LogP contribution in [-0.2, 0) is 4.79 Å². The zero-order valence-corrected chi connectivity index (χ0v) is 15.9. The van der Waals surface area contributed by atoms with E-state index in [1.807, 2.05) is 35.0 Å². The van der Waals surface area contributed by atoms with Gasteiger partial charge in [-0.3, -0.25) is 4.79 Å². The zero-order chi connectivity index (χ0) is 18.6. The van der Waals surface area contributed by atoms with Gasteiger partial charge in [-0.05, 0) is 47.2 Å². The van der Waals surface area contributed by atoms with Crippen molar-refractivity contribution in [2.24, 2.45) is 5.10 Å². The summed E-state index contributed by atoms with van der Waals surface area (Å²) in [6.07, 6.45) is 0.698. The molecular weight excluding hydrogens is 378 g/mol. The number of rotatable bonds is 5. The molecule has 3 heterocycles. The van der Waals surface area contributed by atoms with Crippen molar-refractivity contribution in [1.29, 1.82) is 5.26 Å². The average molecular weight is 393 g/mol. The van der Waals surface area contributed by atoms with Crippen molar-refractivity contribution in [2.45, 2.75) is 12.5 Å². The molecule has 0 spiro atoms. The van der Waals surface area contributed by atoms with Crippen LogP contribution in [0.4, 0.5) is 0 Å². The summed E-state index contributed by atoms with van der Waals surface area (Å²) in [5.74, 6) is 0.362. The first-order valence-electron chi connectivity index (χ1n) is 8.34. The number of nitriles is 1. The number of carbonyl (C=O) groups is 1. The predicted molar refractivity (Wildman–Crippen MR) is 106 cm³/mol. The van der Waals surface area contributed by atoms with E-state index in [9.17, 15) is 4.79 Å². The molecule has 1 unspecified atom stereocenters. The Morgan fingerprint density at radius 3 is 2.63 bits per heavy atom. The highest BCUT2D eigenvalue weighted by atomic mass is 32.1. The van der Waals surface area contributed by atoms with Gasteiger partial charge in [-0.2, -0.15) is 10.4 Å². The number of nitrogens with zero attached hydrogens (tertiary/aromatic N) is 3. The highest BCUT2D eigenvalue weighted by Gasteiger charge is 2.34. The van der Waals surface area contributed by atoms with E-state index in [1.165, 1.54) is 0 Å². The second-order valence-corrected chi connectivity index (χ2v) is 7.85. The first-order chi connectivity index (χ1) is 13.2. The molecule has 3 aromatic rings. The Labute approximate surface area is 164 Å². The summed E-state index contributed by atoms with van der Waals surface area (Å²) < 4.78 is 5.61. The predicted octanol–water partition coefficient (Wildman–Crippen LogP) is 4.44. The fourth-order valence-corrected chi connectivity index (χ4v) is 4.40. The molecule has 7 heteroatoms. The Hall–Kier alpha value is -2.95. The quantitative estimate of drug-likeness (QED) is 0.644. The number of hydrogen-bond acceptors (Lipinski definition) is 6. The molecule has 134 valence electrons. The van der Waals surface area contributed by atoms with Crippen molar-refractivity contribution in [1.82, 2.24) is 5.01 Å². The topological polar surface area (TPSA) is 65.7 Å². The fraction of sp³-hybridized carbons (Fsp3) is 0.150. The van der Waals surface area contributed by atoms with Crippen LogP contribution in [-0.4, -0.2) is 23.2 Å². The highest BCUT2D eigenvalue weighted by Crippen LogP contribution is 2.35. The van der Waals surface area contributed by atoms with Gasteiger partial charge in [0.05, 0.1) is 28.3 Å². The van der Waals surface area contributed by atoms with Gasteiger partial charge in [0.1, 0.15) is 5.75 Å². The maximum absolute atomic E-state index is 12.8. The van der Waals surface area contributed by atoms with Gasteiger partial charge in [0.15, 0.2) is 6.61 Å². The molecule has 0 N–H and O–H groups in total. The van der Waals surface area contributed by atoms with Crippen molar-refractivity contribution in [3.8, 4) is 11.8 Å². The van der Waals surface area contributed by atoms with E-state index in [0.717, 1.165) is 15.5 Å². The zero-order valence-electron chi connectivity index (χ0n) is 14.2. The van der Waals surface area contributed by atoms with E-state index in [-0.39, 0.29) is 18.6 Å². The Morgan fingerprint density at radius 1 is 1.19 bits per heavy atom. The summed E-state index contributed by atoms with van der Waals surface area (Å²) >= 11 is 3.25.